The highest BCUT2D eigenvalue weighted by atomic mass is 35.5. The summed E-state index contributed by atoms with van der Waals surface area (Å²) in [4.78, 5) is 14.2. The molecule has 1 aromatic rings. The molecule has 1 aromatic carbocycles. The van der Waals surface area contributed by atoms with Crippen molar-refractivity contribution in [2.24, 2.45) is 0 Å². The maximum Gasteiger partial charge on any atom is 0.238 e. The van der Waals surface area contributed by atoms with Gasteiger partial charge in [-0.3, -0.25) is 9.69 Å². The number of benzene rings is 1. The molecule has 5 heteroatoms. The van der Waals surface area contributed by atoms with Crippen LogP contribution in [0.15, 0.2) is 24.3 Å². The Morgan fingerprint density at radius 2 is 2.20 bits per heavy atom. The minimum atomic E-state index is 0. The lowest BCUT2D eigenvalue weighted by Crippen LogP contribution is -2.35. The van der Waals surface area contributed by atoms with E-state index in [9.17, 15) is 4.79 Å². The molecule has 20 heavy (non-hydrogen) atoms. The van der Waals surface area contributed by atoms with E-state index in [1.807, 2.05) is 18.2 Å². The minimum absolute atomic E-state index is 0. The molecule has 1 fully saturated rings. The first kappa shape index (κ1) is 17.0. The lowest BCUT2D eigenvalue weighted by Gasteiger charge is -2.18. The maximum absolute atomic E-state index is 12.0. The fourth-order valence-electron chi connectivity index (χ4n) is 2.33. The topological polar surface area (TPSA) is 44.4 Å². The first-order valence-corrected chi connectivity index (χ1v) is 7.10. The first-order valence-electron chi connectivity index (χ1n) is 7.10. The predicted octanol–water partition coefficient (Wildman–Crippen LogP) is 1.90. The van der Waals surface area contributed by atoms with Crippen molar-refractivity contribution in [1.29, 1.82) is 0 Å². The second-order valence-electron chi connectivity index (χ2n) is 4.98. The van der Waals surface area contributed by atoms with Gasteiger partial charge in [-0.05, 0) is 43.6 Å². The van der Waals surface area contributed by atoms with Crippen molar-refractivity contribution in [3.8, 4) is 0 Å². The highest BCUT2D eigenvalue weighted by Gasteiger charge is 2.12. The van der Waals surface area contributed by atoms with Gasteiger partial charge in [0.1, 0.15) is 0 Å². The third kappa shape index (κ3) is 5.49. The number of nitrogens with zero attached hydrogens (tertiary/aromatic N) is 1. The summed E-state index contributed by atoms with van der Waals surface area (Å²) in [5, 5.41) is 6.33. The summed E-state index contributed by atoms with van der Waals surface area (Å²) in [6.45, 7) is 6.57. The van der Waals surface area contributed by atoms with Gasteiger partial charge >= 0.3 is 0 Å². The van der Waals surface area contributed by atoms with Crippen LogP contribution in [-0.4, -0.2) is 43.5 Å². The van der Waals surface area contributed by atoms with Crippen LogP contribution in [-0.2, 0) is 11.2 Å². The quantitative estimate of drug-likeness (QED) is 0.892. The third-order valence-corrected chi connectivity index (χ3v) is 3.42. The highest BCUT2D eigenvalue weighted by molar-refractivity contribution is 5.92. The molecular formula is C15H24ClN3O. The van der Waals surface area contributed by atoms with E-state index in [-0.39, 0.29) is 18.3 Å². The predicted molar refractivity (Wildman–Crippen MR) is 85.6 cm³/mol. The van der Waals surface area contributed by atoms with Crippen LogP contribution in [0.25, 0.3) is 0 Å². The number of hydrogen-bond acceptors (Lipinski definition) is 3. The van der Waals surface area contributed by atoms with Crippen molar-refractivity contribution in [3.63, 3.8) is 0 Å². The van der Waals surface area contributed by atoms with Crippen molar-refractivity contribution < 1.29 is 4.79 Å². The second kappa shape index (κ2) is 8.95. The molecule has 0 aliphatic carbocycles. The van der Waals surface area contributed by atoms with Gasteiger partial charge in [0.2, 0.25) is 5.91 Å². The molecule has 0 spiro atoms. The zero-order valence-corrected chi connectivity index (χ0v) is 12.8. The maximum atomic E-state index is 12.0. The normalized spacial score (nSPS) is 16.1. The van der Waals surface area contributed by atoms with E-state index in [4.69, 9.17) is 0 Å². The van der Waals surface area contributed by atoms with Crippen LogP contribution in [0.5, 0.6) is 0 Å². The van der Waals surface area contributed by atoms with Crippen molar-refractivity contribution in [2.75, 3.05) is 38.0 Å². The summed E-state index contributed by atoms with van der Waals surface area (Å²) in [5.41, 5.74) is 2.15. The SMILES string of the molecule is CCc1cccc(NC(=O)CN2CCCNCC2)c1.Cl. The molecule has 0 aromatic heterocycles. The van der Waals surface area contributed by atoms with Gasteiger partial charge in [-0.15, -0.1) is 12.4 Å². The van der Waals surface area contributed by atoms with Gasteiger partial charge in [-0.1, -0.05) is 19.1 Å². The highest BCUT2D eigenvalue weighted by Crippen LogP contribution is 2.11. The zero-order valence-electron chi connectivity index (χ0n) is 12.0. The number of rotatable bonds is 4. The molecule has 1 aliphatic heterocycles. The van der Waals surface area contributed by atoms with E-state index in [0.717, 1.165) is 44.7 Å². The van der Waals surface area contributed by atoms with Gasteiger partial charge in [-0.2, -0.15) is 0 Å². The van der Waals surface area contributed by atoms with Crippen molar-refractivity contribution >= 4 is 24.0 Å². The van der Waals surface area contributed by atoms with Crippen molar-refractivity contribution in [3.05, 3.63) is 29.8 Å². The molecule has 4 nitrogen and oxygen atoms in total. The largest absolute Gasteiger partial charge is 0.325 e. The molecule has 0 bridgehead atoms. The number of halogens is 1. The van der Waals surface area contributed by atoms with Crippen LogP contribution >= 0.6 is 12.4 Å². The lowest BCUT2D eigenvalue weighted by atomic mass is 10.1. The summed E-state index contributed by atoms with van der Waals surface area (Å²) in [6.07, 6.45) is 2.10. The summed E-state index contributed by atoms with van der Waals surface area (Å²) in [7, 11) is 0. The van der Waals surface area contributed by atoms with E-state index in [1.54, 1.807) is 0 Å². The number of carbonyl (C=O) groups excluding carboxylic acids is 1. The molecule has 0 radical (unpaired) electrons. The van der Waals surface area contributed by atoms with Gasteiger partial charge in [-0.25, -0.2) is 0 Å². The van der Waals surface area contributed by atoms with Crippen LogP contribution in [0, 0.1) is 0 Å². The van der Waals surface area contributed by atoms with Crippen LogP contribution in [0.2, 0.25) is 0 Å². The molecule has 2 N–H and O–H groups in total. The van der Waals surface area contributed by atoms with Gasteiger partial charge in [0.15, 0.2) is 0 Å². The molecule has 2 rings (SSSR count). The van der Waals surface area contributed by atoms with Crippen LogP contribution in [0.4, 0.5) is 5.69 Å². The zero-order chi connectivity index (χ0) is 13.5. The summed E-state index contributed by atoms with van der Waals surface area (Å²) < 4.78 is 0. The Bertz CT molecular complexity index is 417. The molecule has 0 saturated carbocycles. The number of amides is 1. The number of anilines is 1. The summed E-state index contributed by atoms with van der Waals surface area (Å²) in [6, 6.07) is 8.06. The fraction of sp³-hybridized carbons (Fsp3) is 0.533. The molecule has 0 unspecified atom stereocenters. The number of nitrogens with one attached hydrogen (secondary N) is 2. The number of hydrogen-bond donors (Lipinski definition) is 2. The minimum Gasteiger partial charge on any atom is -0.325 e. The summed E-state index contributed by atoms with van der Waals surface area (Å²) >= 11 is 0. The van der Waals surface area contributed by atoms with Gasteiger partial charge in [0.25, 0.3) is 0 Å². The Balaban J connectivity index is 0.00000200. The number of carbonyl (C=O) groups is 1. The molecule has 1 amide bonds. The monoisotopic (exact) mass is 297 g/mol. The Morgan fingerprint density at radius 3 is 3.00 bits per heavy atom. The average Bonchev–Trinajstić information content (AvgIpc) is 2.67. The second-order valence-corrected chi connectivity index (χ2v) is 4.98. The fourth-order valence-corrected chi connectivity index (χ4v) is 2.33. The van der Waals surface area contributed by atoms with Crippen LogP contribution < -0.4 is 10.6 Å². The van der Waals surface area contributed by atoms with E-state index in [0.29, 0.717) is 6.54 Å². The molecule has 1 saturated heterocycles. The van der Waals surface area contributed by atoms with Gasteiger partial charge in [0, 0.05) is 18.8 Å². The summed E-state index contributed by atoms with van der Waals surface area (Å²) in [5.74, 6) is 0.0788. The lowest BCUT2D eigenvalue weighted by molar-refractivity contribution is -0.117. The smallest absolute Gasteiger partial charge is 0.238 e. The number of aryl methyl sites for hydroxylation is 1. The Hall–Kier alpha value is -1.10. The van der Waals surface area contributed by atoms with Gasteiger partial charge in [0.05, 0.1) is 6.54 Å². The molecular weight excluding hydrogens is 274 g/mol. The van der Waals surface area contributed by atoms with E-state index in [1.165, 1.54) is 5.56 Å². The standard InChI is InChI=1S/C15H23N3O.ClH/c1-2-13-5-3-6-14(11-13)17-15(19)12-18-9-4-7-16-8-10-18;/h3,5-6,11,16H,2,4,7-10,12H2,1H3,(H,17,19);1H. The van der Waals surface area contributed by atoms with E-state index < -0.39 is 0 Å². The van der Waals surface area contributed by atoms with Crippen LogP contribution in [0.3, 0.4) is 0 Å². The van der Waals surface area contributed by atoms with E-state index >= 15 is 0 Å². The van der Waals surface area contributed by atoms with Gasteiger partial charge < -0.3 is 10.6 Å². The molecule has 112 valence electrons. The molecule has 1 heterocycles. The molecule has 1 aliphatic rings. The molecule has 0 atom stereocenters. The van der Waals surface area contributed by atoms with Crippen molar-refractivity contribution in [1.82, 2.24) is 10.2 Å². The Kier molecular flexibility index (Phi) is 7.59. The van der Waals surface area contributed by atoms with Crippen molar-refractivity contribution in [2.45, 2.75) is 19.8 Å². The third-order valence-electron chi connectivity index (χ3n) is 3.42. The Labute approximate surface area is 127 Å². The average molecular weight is 298 g/mol. The van der Waals surface area contributed by atoms with Crippen LogP contribution in [0.1, 0.15) is 18.9 Å². The Morgan fingerprint density at radius 1 is 1.35 bits per heavy atom. The first-order chi connectivity index (χ1) is 9.28. The van der Waals surface area contributed by atoms with E-state index in [2.05, 4.69) is 28.5 Å².